The van der Waals surface area contributed by atoms with Crippen molar-refractivity contribution < 1.29 is 13.2 Å². The van der Waals surface area contributed by atoms with Gasteiger partial charge in [0.1, 0.15) is 5.54 Å². The third kappa shape index (κ3) is 3.86. The lowest BCUT2D eigenvalue weighted by Crippen LogP contribution is -2.57. The number of halogens is 4. The molecule has 0 radical (unpaired) electrons. The second kappa shape index (κ2) is 6.62. The van der Waals surface area contributed by atoms with E-state index in [4.69, 9.17) is 0 Å². The standard InChI is InChI=1S/C14H18F3N.ClH/c15-14(16,17)13(9-5-2-6-10-13)18-11-12-7-3-1-4-8-12;/h1,3-4,7-8,18H,2,5-6,9-11H2;1H. The van der Waals surface area contributed by atoms with Gasteiger partial charge in [-0.2, -0.15) is 13.2 Å². The van der Waals surface area contributed by atoms with Gasteiger partial charge in [0.2, 0.25) is 0 Å². The van der Waals surface area contributed by atoms with E-state index in [1.54, 1.807) is 0 Å². The molecule has 1 aliphatic carbocycles. The molecular formula is C14H19ClF3N. The third-order valence-electron chi connectivity index (χ3n) is 3.72. The first kappa shape index (κ1) is 16.3. The molecule has 0 atom stereocenters. The maximum absolute atomic E-state index is 13.2. The Kier molecular flexibility index (Phi) is 5.68. The summed E-state index contributed by atoms with van der Waals surface area (Å²) in [7, 11) is 0. The Bertz CT molecular complexity index is 372. The van der Waals surface area contributed by atoms with E-state index in [0.717, 1.165) is 12.0 Å². The zero-order valence-corrected chi connectivity index (χ0v) is 11.5. The molecule has 1 nitrogen and oxygen atoms in total. The van der Waals surface area contributed by atoms with Gasteiger partial charge in [-0.15, -0.1) is 12.4 Å². The van der Waals surface area contributed by atoms with E-state index >= 15 is 0 Å². The Labute approximate surface area is 118 Å². The van der Waals surface area contributed by atoms with Gasteiger partial charge in [0.05, 0.1) is 0 Å². The van der Waals surface area contributed by atoms with Crippen LogP contribution in [0, 0.1) is 0 Å². The molecule has 0 saturated heterocycles. The van der Waals surface area contributed by atoms with Crippen LogP contribution >= 0.6 is 12.4 Å². The molecule has 0 bridgehead atoms. The summed E-state index contributed by atoms with van der Waals surface area (Å²) in [5, 5.41) is 2.77. The molecule has 1 aromatic rings. The van der Waals surface area contributed by atoms with Crippen molar-refractivity contribution in [3.63, 3.8) is 0 Å². The molecule has 0 heterocycles. The Balaban J connectivity index is 0.00000180. The fraction of sp³-hybridized carbons (Fsp3) is 0.571. The molecule has 0 amide bonds. The van der Waals surface area contributed by atoms with Gasteiger partial charge >= 0.3 is 6.18 Å². The van der Waals surface area contributed by atoms with Gasteiger partial charge in [-0.1, -0.05) is 49.6 Å². The summed E-state index contributed by atoms with van der Waals surface area (Å²) in [6, 6.07) is 9.25. The van der Waals surface area contributed by atoms with E-state index in [1.165, 1.54) is 0 Å². The van der Waals surface area contributed by atoms with E-state index in [9.17, 15) is 13.2 Å². The molecule has 1 aliphatic rings. The van der Waals surface area contributed by atoms with Crippen molar-refractivity contribution in [3.8, 4) is 0 Å². The van der Waals surface area contributed by atoms with Gasteiger partial charge in [0.15, 0.2) is 0 Å². The van der Waals surface area contributed by atoms with Crippen LogP contribution in [0.2, 0.25) is 0 Å². The molecule has 108 valence electrons. The highest BCUT2D eigenvalue weighted by atomic mass is 35.5. The van der Waals surface area contributed by atoms with Crippen molar-refractivity contribution in [1.82, 2.24) is 5.32 Å². The summed E-state index contributed by atoms with van der Waals surface area (Å²) in [6.45, 7) is 0.278. The first-order valence-electron chi connectivity index (χ1n) is 6.39. The molecule has 19 heavy (non-hydrogen) atoms. The van der Waals surface area contributed by atoms with E-state index in [-0.39, 0.29) is 31.8 Å². The van der Waals surface area contributed by atoms with Crippen molar-refractivity contribution in [1.29, 1.82) is 0 Å². The summed E-state index contributed by atoms with van der Waals surface area (Å²) in [5.74, 6) is 0. The zero-order valence-electron chi connectivity index (χ0n) is 10.7. The highest BCUT2D eigenvalue weighted by molar-refractivity contribution is 5.85. The van der Waals surface area contributed by atoms with Crippen LogP contribution in [-0.2, 0) is 6.54 Å². The summed E-state index contributed by atoms with van der Waals surface area (Å²) in [4.78, 5) is 0. The van der Waals surface area contributed by atoms with Gasteiger partial charge in [-0.25, -0.2) is 0 Å². The molecule has 0 aliphatic heterocycles. The molecule has 1 fully saturated rings. The van der Waals surface area contributed by atoms with Crippen LogP contribution in [0.4, 0.5) is 13.2 Å². The van der Waals surface area contributed by atoms with Gasteiger partial charge in [0.25, 0.3) is 0 Å². The number of nitrogens with one attached hydrogen (secondary N) is 1. The highest BCUT2D eigenvalue weighted by Crippen LogP contribution is 2.41. The minimum atomic E-state index is -4.16. The van der Waals surface area contributed by atoms with E-state index in [1.807, 2.05) is 30.3 Å². The summed E-state index contributed by atoms with van der Waals surface area (Å²) >= 11 is 0. The minimum absolute atomic E-state index is 0. The van der Waals surface area contributed by atoms with E-state index in [0.29, 0.717) is 12.8 Å². The topological polar surface area (TPSA) is 12.0 Å². The average molecular weight is 294 g/mol. The van der Waals surface area contributed by atoms with Gasteiger partial charge in [0, 0.05) is 6.54 Å². The van der Waals surface area contributed by atoms with Gasteiger partial charge in [-0.3, -0.25) is 5.32 Å². The number of hydrogen-bond acceptors (Lipinski definition) is 1. The number of alkyl halides is 3. The number of benzene rings is 1. The summed E-state index contributed by atoms with van der Waals surface area (Å²) in [5.41, 5.74) is -0.784. The molecule has 0 unspecified atom stereocenters. The zero-order chi connectivity index (χ0) is 13.1. The quantitative estimate of drug-likeness (QED) is 0.867. The molecule has 1 saturated carbocycles. The highest BCUT2D eigenvalue weighted by Gasteiger charge is 2.54. The maximum Gasteiger partial charge on any atom is 0.406 e. The predicted molar refractivity (Wildman–Crippen MR) is 72.4 cm³/mol. The first-order valence-corrected chi connectivity index (χ1v) is 6.39. The lowest BCUT2D eigenvalue weighted by atomic mass is 9.81. The normalized spacial score (nSPS) is 18.7. The molecular weight excluding hydrogens is 275 g/mol. The molecule has 2 rings (SSSR count). The van der Waals surface area contributed by atoms with Gasteiger partial charge in [-0.05, 0) is 18.4 Å². The van der Waals surface area contributed by atoms with Crippen molar-refractivity contribution in [2.75, 3.05) is 0 Å². The molecule has 1 N–H and O–H groups in total. The lowest BCUT2D eigenvalue weighted by Gasteiger charge is -2.39. The van der Waals surface area contributed by atoms with Crippen molar-refractivity contribution >= 4 is 12.4 Å². The van der Waals surface area contributed by atoms with Crippen molar-refractivity contribution in [2.45, 2.75) is 50.4 Å². The second-order valence-corrected chi connectivity index (χ2v) is 4.98. The Hall–Kier alpha value is -0.740. The summed E-state index contributed by atoms with van der Waals surface area (Å²) < 4.78 is 39.7. The Morgan fingerprint density at radius 2 is 1.58 bits per heavy atom. The Morgan fingerprint density at radius 3 is 2.11 bits per heavy atom. The minimum Gasteiger partial charge on any atom is -0.299 e. The summed E-state index contributed by atoms with van der Waals surface area (Å²) in [6.07, 6.45) is -1.55. The van der Waals surface area contributed by atoms with E-state index < -0.39 is 11.7 Å². The SMILES string of the molecule is Cl.FC(F)(F)C1(NCc2ccccc2)CCCCC1. The number of rotatable bonds is 3. The largest absolute Gasteiger partial charge is 0.406 e. The Morgan fingerprint density at radius 1 is 1.00 bits per heavy atom. The predicted octanol–water partition coefficient (Wildman–Crippen LogP) is 4.46. The first-order chi connectivity index (χ1) is 8.54. The van der Waals surface area contributed by atoms with Crippen molar-refractivity contribution in [3.05, 3.63) is 35.9 Å². The van der Waals surface area contributed by atoms with E-state index in [2.05, 4.69) is 5.32 Å². The smallest absolute Gasteiger partial charge is 0.299 e. The van der Waals surface area contributed by atoms with Crippen LogP contribution in [0.1, 0.15) is 37.7 Å². The molecule has 1 aromatic carbocycles. The molecule has 0 spiro atoms. The molecule has 5 heteroatoms. The van der Waals surface area contributed by atoms with Crippen LogP contribution in [0.5, 0.6) is 0 Å². The fourth-order valence-electron chi connectivity index (χ4n) is 2.58. The second-order valence-electron chi connectivity index (χ2n) is 4.98. The van der Waals surface area contributed by atoms with Gasteiger partial charge < -0.3 is 0 Å². The maximum atomic E-state index is 13.2. The van der Waals surface area contributed by atoms with Crippen LogP contribution in [0.25, 0.3) is 0 Å². The van der Waals surface area contributed by atoms with Crippen LogP contribution < -0.4 is 5.32 Å². The van der Waals surface area contributed by atoms with Crippen LogP contribution in [-0.4, -0.2) is 11.7 Å². The third-order valence-corrected chi connectivity index (χ3v) is 3.72. The monoisotopic (exact) mass is 293 g/mol. The van der Waals surface area contributed by atoms with Crippen molar-refractivity contribution in [2.24, 2.45) is 0 Å². The number of hydrogen-bond donors (Lipinski definition) is 1. The molecule has 0 aromatic heterocycles. The lowest BCUT2D eigenvalue weighted by molar-refractivity contribution is -0.206. The van der Waals surface area contributed by atoms with Crippen LogP contribution in [0.15, 0.2) is 30.3 Å². The fourth-order valence-corrected chi connectivity index (χ4v) is 2.58. The van der Waals surface area contributed by atoms with Crippen LogP contribution in [0.3, 0.4) is 0 Å². The average Bonchev–Trinajstić information content (AvgIpc) is 2.37.